The van der Waals surface area contributed by atoms with Crippen molar-refractivity contribution in [2.75, 3.05) is 13.7 Å². The molecule has 0 spiro atoms. The molecule has 0 fully saturated rings. The number of amides is 4. The zero-order valence-corrected chi connectivity index (χ0v) is 12.0. The number of hydrogen-bond donors (Lipinski definition) is 2. The van der Waals surface area contributed by atoms with Gasteiger partial charge in [0.2, 0.25) is 6.41 Å². The van der Waals surface area contributed by atoms with Gasteiger partial charge in [0.05, 0.1) is 13.7 Å². The van der Waals surface area contributed by atoms with Gasteiger partial charge in [0.1, 0.15) is 11.8 Å². The molecule has 114 valence electrons. The molecule has 0 radical (unpaired) electrons. The van der Waals surface area contributed by atoms with Crippen molar-refractivity contribution >= 4 is 18.3 Å². The maximum atomic E-state index is 12.3. The Balaban J connectivity index is 2.05. The lowest BCUT2D eigenvalue weighted by atomic mass is 10.1. The molecule has 2 N–H and O–H groups in total. The Bertz CT molecular complexity index is 651. The lowest BCUT2D eigenvalue weighted by Crippen LogP contribution is -2.46. The molecular weight excluding hydrogens is 286 g/mol. The van der Waals surface area contributed by atoms with E-state index in [9.17, 15) is 14.4 Å². The van der Waals surface area contributed by atoms with Crippen molar-refractivity contribution in [2.45, 2.75) is 12.6 Å². The fourth-order valence-corrected chi connectivity index (χ4v) is 2.23. The fraction of sp³-hybridized carbons (Fsp3) is 0.267. The number of methoxy groups -OCH3 is 1. The number of imide groups is 1. The maximum absolute atomic E-state index is 12.3. The van der Waals surface area contributed by atoms with Crippen LogP contribution >= 0.6 is 0 Å². The molecule has 0 saturated carbocycles. The summed E-state index contributed by atoms with van der Waals surface area (Å²) < 4.78 is 5.10. The van der Waals surface area contributed by atoms with Crippen LogP contribution in [0.4, 0.5) is 4.79 Å². The summed E-state index contributed by atoms with van der Waals surface area (Å²) in [4.78, 5) is 35.4. The quantitative estimate of drug-likeness (QED) is 0.597. The third-order valence-electron chi connectivity index (χ3n) is 3.30. The minimum Gasteiger partial charge on any atom is -0.497 e. The molecule has 1 aromatic carbocycles. The molecule has 0 saturated heterocycles. The van der Waals surface area contributed by atoms with Gasteiger partial charge in [0.15, 0.2) is 0 Å². The number of nitrogens with zero attached hydrogens (tertiary/aromatic N) is 1. The van der Waals surface area contributed by atoms with Crippen LogP contribution in [0.5, 0.6) is 5.75 Å². The Morgan fingerprint density at radius 3 is 3.00 bits per heavy atom. The number of ether oxygens (including phenoxy) is 1. The van der Waals surface area contributed by atoms with E-state index in [-0.39, 0.29) is 18.9 Å². The van der Waals surface area contributed by atoms with E-state index in [4.69, 9.17) is 11.2 Å². The maximum Gasteiger partial charge on any atom is 0.322 e. The van der Waals surface area contributed by atoms with Gasteiger partial charge in [-0.1, -0.05) is 12.0 Å². The topological polar surface area (TPSA) is 87.7 Å². The van der Waals surface area contributed by atoms with E-state index in [1.165, 1.54) is 12.0 Å². The average Bonchev–Trinajstić information content (AvgIpc) is 2.82. The Morgan fingerprint density at radius 1 is 1.59 bits per heavy atom. The van der Waals surface area contributed by atoms with E-state index in [1.54, 1.807) is 12.1 Å². The Morgan fingerprint density at radius 2 is 2.36 bits per heavy atom. The van der Waals surface area contributed by atoms with Crippen LogP contribution in [0, 0.1) is 12.3 Å². The minimum absolute atomic E-state index is 0.151. The Hall–Kier alpha value is -3.01. The molecule has 1 heterocycles. The van der Waals surface area contributed by atoms with Gasteiger partial charge in [-0.25, -0.2) is 4.79 Å². The number of carbonyl (C=O) groups excluding carboxylic acids is 3. The van der Waals surface area contributed by atoms with Crippen molar-refractivity contribution in [2.24, 2.45) is 0 Å². The average molecular weight is 301 g/mol. The Kier molecular flexibility index (Phi) is 4.63. The molecule has 22 heavy (non-hydrogen) atoms. The highest BCUT2D eigenvalue weighted by Crippen LogP contribution is 2.26. The molecule has 0 bridgehead atoms. The van der Waals surface area contributed by atoms with E-state index in [0.29, 0.717) is 17.9 Å². The second-order valence-electron chi connectivity index (χ2n) is 4.66. The van der Waals surface area contributed by atoms with E-state index < -0.39 is 12.1 Å². The molecule has 1 atom stereocenters. The van der Waals surface area contributed by atoms with E-state index >= 15 is 0 Å². The van der Waals surface area contributed by atoms with Crippen LogP contribution in [0.15, 0.2) is 18.2 Å². The highest BCUT2D eigenvalue weighted by molar-refractivity contribution is 5.98. The van der Waals surface area contributed by atoms with Crippen molar-refractivity contribution < 1.29 is 19.1 Å². The first-order chi connectivity index (χ1) is 10.6. The molecule has 7 nitrogen and oxygen atoms in total. The van der Waals surface area contributed by atoms with E-state index in [2.05, 4.69) is 11.2 Å². The summed E-state index contributed by atoms with van der Waals surface area (Å²) in [5.74, 6) is 2.81. The van der Waals surface area contributed by atoms with E-state index in [1.807, 2.05) is 11.4 Å². The molecule has 2 rings (SSSR count). The fourth-order valence-electron chi connectivity index (χ4n) is 2.23. The number of carbonyl (C=O) groups is 3. The second-order valence-corrected chi connectivity index (χ2v) is 4.66. The molecule has 7 heteroatoms. The third-order valence-corrected chi connectivity index (χ3v) is 3.30. The predicted molar refractivity (Wildman–Crippen MR) is 78.1 cm³/mol. The van der Waals surface area contributed by atoms with Crippen LogP contribution in [0.25, 0.3) is 0 Å². The molecule has 1 aromatic rings. The van der Waals surface area contributed by atoms with Crippen LogP contribution in [0.1, 0.15) is 15.9 Å². The number of hydrogen-bond acceptors (Lipinski definition) is 4. The molecule has 1 aliphatic heterocycles. The van der Waals surface area contributed by atoms with Gasteiger partial charge in [0, 0.05) is 12.1 Å². The summed E-state index contributed by atoms with van der Waals surface area (Å²) in [6, 6.07) is 3.88. The van der Waals surface area contributed by atoms with Crippen molar-refractivity contribution in [3.8, 4) is 18.1 Å². The SMILES string of the molecule is C#C[C@H](CN1Cc2ccc(OC)cc2C1=O)NC(=O)NC=O. The van der Waals surface area contributed by atoms with Gasteiger partial charge < -0.3 is 15.0 Å². The van der Waals surface area contributed by atoms with Crippen molar-refractivity contribution in [1.82, 2.24) is 15.5 Å². The molecule has 0 aliphatic carbocycles. The number of terminal acetylenes is 1. The largest absolute Gasteiger partial charge is 0.497 e. The van der Waals surface area contributed by atoms with Crippen molar-refractivity contribution in [3.63, 3.8) is 0 Å². The minimum atomic E-state index is -0.705. The van der Waals surface area contributed by atoms with Gasteiger partial charge in [-0.3, -0.25) is 14.9 Å². The highest BCUT2D eigenvalue weighted by Gasteiger charge is 2.29. The van der Waals surface area contributed by atoms with Crippen LogP contribution < -0.4 is 15.4 Å². The van der Waals surface area contributed by atoms with E-state index in [0.717, 1.165) is 5.56 Å². The lowest BCUT2D eigenvalue weighted by Gasteiger charge is -2.20. The van der Waals surface area contributed by atoms with Crippen LogP contribution in [0.3, 0.4) is 0 Å². The Labute approximate surface area is 127 Å². The van der Waals surface area contributed by atoms with Gasteiger partial charge in [-0.15, -0.1) is 6.42 Å². The summed E-state index contributed by atoms with van der Waals surface area (Å²) in [5, 5.41) is 4.36. The standard InChI is InChI=1S/C15H15N3O4/c1-3-11(17-15(21)16-9-19)8-18-7-10-4-5-12(22-2)6-13(10)14(18)20/h1,4-6,9,11H,7-8H2,2H3,(H2,16,17,19,21)/t11-/m1/s1. The molecule has 0 unspecified atom stereocenters. The number of nitrogens with one attached hydrogen (secondary N) is 2. The van der Waals surface area contributed by atoms with Gasteiger partial charge >= 0.3 is 6.03 Å². The molecule has 0 aromatic heterocycles. The number of urea groups is 1. The van der Waals surface area contributed by atoms with Gasteiger partial charge in [-0.05, 0) is 17.7 Å². The lowest BCUT2D eigenvalue weighted by molar-refractivity contribution is -0.108. The number of benzene rings is 1. The molecular formula is C15H15N3O4. The first-order valence-electron chi connectivity index (χ1n) is 6.52. The zero-order chi connectivity index (χ0) is 16.1. The van der Waals surface area contributed by atoms with Crippen LogP contribution in [-0.4, -0.2) is 42.9 Å². The first-order valence-corrected chi connectivity index (χ1v) is 6.52. The smallest absolute Gasteiger partial charge is 0.322 e. The number of rotatable bonds is 5. The summed E-state index contributed by atoms with van der Waals surface area (Å²) in [5.41, 5.74) is 1.44. The van der Waals surface area contributed by atoms with Crippen LogP contribution in [-0.2, 0) is 11.3 Å². The number of fused-ring (bicyclic) bond motifs is 1. The second kappa shape index (κ2) is 6.63. The zero-order valence-electron chi connectivity index (χ0n) is 12.0. The molecule has 4 amide bonds. The summed E-state index contributed by atoms with van der Waals surface area (Å²) >= 11 is 0. The summed E-state index contributed by atoms with van der Waals surface area (Å²) in [6.07, 6.45) is 5.61. The van der Waals surface area contributed by atoms with Gasteiger partial charge in [-0.2, -0.15) is 0 Å². The van der Waals surface area contributed by atoms with Crippen molar-refractivity contribution in [3.05, 3.63) is 29.3 Å². The highest BCUT2D eigenvalue weighted by atomic mass is 16.5. The molecule has 1 aliphatic rings. The van der Waals surface area contributed by atoms with Crippen molar-refractivity contribution in [1.29, 1.82) is 0 Å². The van der Waals surface area contributed by atoms with Gasteiger partial charge in [0.25, 0.3) is 5.91 Å². The van der Waals surface area contributed by atoms with Crippen LogP contribution in [0.2, 0.25) is 0 Å². The summed E-state index contributed by atoms with van der Waals surface area (Å²) in [6.45, 7) is 0.561. The monoisotopic (exact) mass is 301 g/mol. The summed E-state index contributed by atoms with van der Waals surface area (Å²) in [7, 11) is 1.53. The third kappa shape index (κ3) is 3.17. The predicted octanol–water partition coefficient (Wildman–Crippen LogP) is 0.108. The normalized spacial score (nSPS) is 13.8. The first kappa shape index (κ1) is 15.4.